The predicted octanol–water partition coefficient (Wildman–Crippen LogP) is 4.64. The summed E-state index contributed by atoms with van der Waals surface area (Å²) in [6.45, 7) is 1.96. The number of aryl methyl sites for hydroxylation is 1. The van der Waals surface area contributed by atoms with Gasteiger partial charge in [-0.3, -0.25) is 4.98 Å². The third kappa shape index (κ3) is 2.64. The van der Waals surface area contributed by atoms with Gasteiger partial charge < -0.3 is 5.11 Å². The van der Waals surface area contributed by atoms with E-state index in [4.69, 9.17) is 0 Å². The molecule has 4 heteroatoms. The average Bonchev–Trinajstić information content (AvgIpc) is 2.83. The molecule has 102 valence electrons. The normalized spacial score (nSPS) is 12.8. The molecule has 1 atom stereocenters. The summed E-state index contributed by atoms with van der Waals surface area (Å²) in [5, 5.41) is 13.7. The molecule has 0 amide bonds. The zero-order chi connectivity index (χ0) is 14.1. The Hall–Kier alpha value is -1.23. The minimum absolute atomic E-state index is 0.517. The van der Waals surface area contributed by atoms with Gasteiger partial charge in [0.2, 0.25) is 0 Å². The number of pyridine rings is 1. The summed E-state index contributed by atoms with van der Waals surface area (Å²) in [5.41, 5.74) is 2.82. The van der Waals surface area contributed by atoms with Gasteiger partial charge in [0.15, 0.2) is 0 Å². The summed E-state index contributed by atoms with van der Waals surface area (Å²) in [4.78, 5) is 5.68. The first-order valence-electron chi connectivity index (χ1n) is 6.41. The van der Waals surface area contributed by atoms with Crippen LogP contribution in [0.2, 0.25) is 0 Å². The molecular formula is C16H14BrNOS. The number of rotatable bonds is 3. The zero-order valence-corrected chi connectivity index (χ0v) is 13.4. The molecule has 3 rings (SSSR count). The van der Waals surface area contributed by atoms with Crippen LogP contribution in [0.4, 0.5) is 0 Å². The number of aromatic nitrogens is 1. The number of thiophene rings is 1. The second-order valence-corrected chi connectivity index (χ2v) is 6.64. The van der Waals surface area contributed by atoms with Gasteiger partial charge in [-0.05, 0) is 52.0 Å². The van der Waals surface area contributed by atoms with Crippen LogP contribution in [0, 0.1) is 6.92 Å². The monoisotopic (exact) mass is 347 g/mol. The largest absolute Gasteiger partial charge is 0.388 e. The zero-order valence-electron chi connectivity index (χ0n) is 11.0. The van der Waals surface area contributed by atoms with E-state index < -0.39 is 6.10 Å². The smallest absolute Gasteiger partial charge is 0.0845 e. The van der Waals surface area contributed by atoms with Crippen LogP contribution in [0.1, 0.15) is 22.2 Å². The lowest BCUT2D eigenvalue weighted by molar-refractivity contribution is 0.180. The maximum atomic E-state index is 10.6. The molecule has 0 aliphatic carbocycles. The lowest BCUT2D eigenvalue weighted by Gasteiger charge is -2.14. The Bertz CT molecular complexity index is 753. The van der Waals surface area contributed by atoms with E-state index in [1.807, 2.05) is 48.7 Å². The van der Waals surface area contributed by atoms with Gasteiger partial charge in [-0.1, -0.05) is 18.2 Å². The SMILES string of the molecule is Cc1cc(C(O)Cc2sccc2Br)c2ccccc2n1. The molecule has 0 spiro atoms. The standard InChI is InChI=1S/C16H14BrNOS/c1-10-8-12(11-4-2-3-5-14(11)18-10)15(19)9-16-13(17)6-7-20-16/h2-8,15,19H,9H2,1H3. The third-order valence-electron chi connectivity index (χ3n) is 3.31. The van der Waals surface area contributed by atoms with Crippen molar-refractivity contribution in [2.45, 2.75) is 19.4 Å². The van der Waals surface area contributed by atoms with Crippen LogP contribution in [0.25, 0.3) is 10.9 Å². The molecular weight excluding hydrogens is 334 g/mol. The van der Waals surface area contributed by atoms with E-state index in [0.29, 0.717) is 6.42 Å². The molecule has 0 aliphatic heterocycles. The molecule has 0 bridgehead atoms. The Morgan fingerprint density at radius 3 is 2.85 bits per heavy atom. The Labute approximate surface area is 130 Å². The number of aliphatic hydroxyl groups is 1. The lowest BCUT2D eigenvalue weighted by atomic mass is 10.0. The van der Waals surface area contributed by atoms with Gasteiger partial charge in [-0.15, -0.1) is 11.3 Å². The van der Waals surface area contributed by atoms with Crippen LogP contribution in [0.15, 0.2) is 46.3 Å². The Kier molecular flexibility index (Phi) is 3.87. The number of nitrogens with zero attached hydrogens (tertiary/aromatic N) is 1. The topological polar surface area (TPSA) is 33.1 Å². The molecule has 0 saturated heterocycles. The van der Waals surface area contributed by atoms with Crippen LogP contribution >= 0.6 is 27.3 Å². The van der Waals surface area contributed by atoms with Crippen molar-refractivity contribution >= 4 is 38.2 Å². The molecule has 1 unspecified atom stereocenters. The maximum Gasteiger partial charge on any atom is 0.0845 e. The third-order valence-corrected chi connectivity index (χ3v) is 5.25. The lowest BCUT2D eigenvalue weighted by Crippen LogP contribution is -2.03. The Morgan fingerprint density at radius 1 is 1.30 bits per heavy atom. The fraction of sp³-hybridized carbons (Fsp3) is 0.188. The van der Waals surface area contributed by atoms with Crippen molar-refractivity contribution in [3.05, 3.63) is 62.4 Å². The van der Waals surface area contributed by atoms with Gasteiger partial charge >= 0.3 is 0 Å². The minimum atomic E-state index is -0.517. The quantitative estimate of drug-likeness (QED) is 0.748. The van der Waals surface area contributed by atoms with Crippen molar-refractivity contribution in [2.24, 2.45) is 0 Å². The summed E-state index contributed by atoms with van der Waals surface area (Å²) in [5.74, 6) is 0. The highest BCUT2D eigenvalue weighted by atomic mass is 79.9. The van der Waals surface area contributed by atoms with E-state index in [1.165, 1.54) is 0 Å². The highest BCUT2D eigenvalue weighted by Gasteiger charge is 2.15. The van der Waals surface area contributed by atoms with Gasteiger partial charge in [0.1, 0.15) is 0 Å². The van der Waals surface area contributed by atoms with Crippen molar-refractivity contribution in [3.63, 3.8) is 0 Å². The van der Waals surface area contributed by atoms with Crippen molar-refractivity contribution < 1.29 is 5.11 Å². The summed E-state index contributed by atoms with van der Waals surface area (Å²) in [7, 11) is 0. The number of aliphatic hydroxyl groups excluding tert-OH is 1. The first-order valence-corrected chi connectivity index (χ1v) is 8.08. The van der Waals surface area contributed by atoms with Gasteiger partial charge in [0, 0.05) is 26.9 Å². The number of hydrogen-bond donors (Lipinski definition) is 1. The van der Waals surface area contributed by atoms with Crippen molar-refractivity contribution in [1.29, 1.82) is 0 Å². The molecule has 0 fully saturated rings. The second-order valence-electron chi connectivity index (χ2n) is 4.78. The van der Waals surface area contributed by atoms with Crippen molar-refractivity contribution in [3.8, 4) is 0 Å². The summed E-state index contributed by atoms with van der Waals surface area (Å²) >= 11 is 5.18. The van der Waals surface area contributed by atoms with E-state index in [-0.39, 0.29) is 0 Å². The van der Waals surface area contributed by atoms with Crippen molar-refractivity contribution in [2.75, 3.05) is 0 Å². The molecule has 2 heterocycles. The van der Waals surface area contributed by atoms with E-state index in [9.17, 15) is 5.11 Å². The first-order chi connectivity index (χ1) is 9.65. The number of benzene rings is 1. The Morgan fingerprint density at radius 2 is 2.10 bits per heavy atom. The second kappa shape index (κ2) is 5.64. The molecule has 1 aromatic carbocycles. The summed E-state index contributed by atoms with van der Waals surface area (Å²) < 4.78 is 1.07. The minimum Gasteiger partial charge on any atom is -0.388 e. The molecule has 0 radical (unpaired) electrons. The van der Waals surface area contributed by atoms with E-state index in [1.54, 1.807) is 11.3 Å². The van der Waals surface area contributed by atoms with Gasteiger partial charge in [0.05, 0.1) is 11.6 Å². The summed E-state index contributed by atoms with van der Waals surface area (Å²) in [6, 6.07) is 12.0. The average molecular weight is 348 g/mol. The number of fused-ring (bicyclic) bond motifs is 1. The molecule has 2 nitrogen and oxygen atoms in total. The van der Waals surface area contributed by atoms with E-state index in [2.05, 4.69) is 20.9 Å². The Balaban J connectivity index is 2.03. The maximum absolute atomic E-state index is 10.6. The fourth-order valence-electron chi connectivity index (χ4n) is 2.37. The van der Waals surface area contributed by atoms with Crippen LogP contribution < -0.4 is 0 Å². The molecule has 3 aromatic rings. The predicted molar refractivity (Wildman–Crippen MR) is 87.2 cm³/mol. The van der Waals surface area contributed by atoms with Gasteiger partial charge in [-0.25, -0.2) is 0 Å². The molecule has 20 heavy (non-hydrogen) atoms. The van der Waals surface area contributed by atoms with Crippen molar-refractivity contribution in [1.82, 2.24) is 4.98 Å². The number of halogens is 1. The highest BCUT2D eigenvalue weighted by Crippen LogP contribution is 2.31. The highest BCUT2D eigenvalue weighted by molar-refractivity contribution is 9.10. The first kappa shape index (κ1) is 13.7. The molecule has 0 saturated carbocycles. The molecule has 2 aromatic heterocycles. The van der Waals surface area contributed by atoms with Gasteiger partial charge in [0.25, 0.3) is 0 Å². The molecule has 1 N–H and O–H groups in total. The fourth-order valence-corrected chi connectivity index (χ4v) is 3.92. The van der Waals surface area contributed by atoms with Crippen LogP contribution in [-0.2, 0) is 6.42 Å². The number of hydrogen-bond acceptors (Lipinski definition) is 3. The van der Waals surface area contributed by atoms with Gasteiger partial charge in [-0.2, -0.15) is 0 Å². The summed E-state index contributed by atoms with van der Waals surface area (Å²) in [6.07, 6.45) is 0.0997. The van der Waals surface area contributed by atoms with E-state index in [0.717, 1.165) is 31.5 Å². The van der Waals surface area contributed by atoms with Crippen LogP contribution in [0.5, 0.6) is 0 Å². The molecule has 0 aliphatic rings. The number of para-hydroxylation sites is 1. The van der Waals surface area contributed by atoms with Crippen LogP contribution in [0.3, 0.4) is 0 Å². The van der Waals surface area contributed by atoms with E-state index >= 15 is 0 Å². The van der Waals surface area contributed by atoms with Crippen LogP contribution in [-0.4, -0.2) is 10.1 Å².